The zero-order valence-corrected chi connectivity index (χ0v) is 15.0. The molecule has 2 aliphatic heterocycles. The maximum atomic E-state index is 12.0. The molecule has 0 saturated carbocycles. The summed E-state index contributed by atoms with van der Waals surface area (Å²) in [6, 6.07) is 5.93. The summed E-state index contributed by atoms with van der Waals surface area (Å²) in [6.45, 7) is 5.84. The summed E-state index contributed by atoms with van der Waals surface area (Å²) in [7, 11) is 1.65. The quantitative estimate of drug-likeness (QED) is 0.809. The van der Waals surface area contributed by atoms with Crippen LogP contribution in [0.3, 0.4) is 0 Å². The lowest BCUT2D eigenvalue weighted by Gasteiger charge is -2.27. The van der Waals surface area contributed by atoms with Gasteiger partial charge in [0.05, 0.1) is 26.9 Å². The molecule has 1 aromatic rings. The number of fused-ring (bicyclic) bond motifs is 1. The molecule has 1 N–H and O–H groups in total. The van der Waals surface area contributed by atoms with Gasteiger partial charge in [-0.1, -0.05) is 6.07 Å². The fraction of sp³-hybridized carbons (Fsp3) is 0.632. The number of ether oxygens (including phenoxy) is 3. The third-order valence-corrected chi connectivity index (χ3v) is 4.83. The second-order valence-electron chi connectivity index (χ2n) is 6.72. The van der Waals surface area contributed by atoms with E-state index in [1.165, 1.54) is 5.56 Å². The second kappa shape index (κ2) is 9.06. The molecule has 1 unspecified atom stereocenters. The molecule has 1 amide bonds. The first-order valence-corrected chi connectivity index (χ1v) is 9.11. The van der Waals surface area contributed by atoms with Gasteiger partial charge in [0.1, 0.15) is 11.5 Å². The van der Waals surface area contributed by atoms with E-state index in [0.717, 1.165) is 57.2 Å². The minimum absolute atomic E-state index is 0.133. The highest BCUT2D eigenvalue weighted by molar-refractivity contribution is 5.75. The molecular weight excluding hydrogens is 320 g/mol. The van der Waals surface area contributed by atoms with Crippen LogP contribution >= 0.6 is 0 Å². The number of rotatable bonds is 7. The lowest BCUT2D eigenvalue weighted by atomic mass is 9.96. The molecule has 2 aliphatic rings. The van der Waals surface area contributed by atoms with Gasteiger partial charge in [0.15, 0.2) is 0 Å². The Morgan fingerprint density at radius 3 is 3.00 bits per heavy atom. The van der Waals surface area contributed by atoms with Gasteiger partial charge >= 0.3 is 0 Å². The van der Waals surface area contributed by atoms with Gasteiger partial charge in [0, 0.05) is 38.0 Å². The van der Waals surface area contributed by atoms with Crippen LogP contribution in [0.25, 0.3) is 0 Å². The molecule has 0 bridgehead atoms. The molecule has 6 nitrogen and oxygen atoms in total. The van der Waals surface area contributed by atoms with Crippen molar-refractivity contribution >= 4 is 5.91 Å². The van der Waals surface area contributed by atoms with E-state index in [1.807, 2.05) is 18.2 Å². The Kier molecular flexibility index (Phi) is 6.53. The molecule has 1 fully saturated rings. The van der Waals surface area contributed by atoms with Crippen molar-refractivity contribution in [3.05, 3.63) is 23.8 Å². The molecule has 3 rings (SSSR count). The summed E-state index contributed by atoms with van der Waals surface area (Å²) >= 11 is 0. The van der Waals surface area contributed by atoms with E-state index >= 15 is 0 Å². The van der Waals surface area contributed by atoms with Crippen molar-refractivity contribution in [2.75, 3.05) is 53.1 Å². The smallest absolute Gasteiger partial charge is 0.220 e. The Balaban J connectivity index is 1.35. The Bertz CT molecular complexity index is 573. The predicted octanol–water partition coefficient (Wildman–Crippen LogP) is 1.47. The largest absolute Gasteiger partial charge is 0.497 e. The number of nitrogens with one attached hydrogen (secondary N) is 1. The Morgan fingerprint density at radius 2 is 2.20 bits per heavy atom. The molecule has 0 spiro atoms. The Morgan fingerprint density at radius 1 is 1.36 bits per heavy atom. The van der Waals surface area contributed by atoms with E-state index in [2.05, 4.69) is 10.2 Å². The van der Waals surface area contributed by atoms with Crippen molar-refractivity contribution in [1.29, 1.82) is 0 Å². The third-order valence-electron chi connectivity index (χ3n) is 4.83. The van der Waals surface area contributed by atoms with Gasteiger partial charge in [-0.15, -0.1) is 0 Å². The number of morpholine rings is 1. The lowest BCUT2D eigenvalue weighted by molar-refractivity contribution is -0.121. The molecule has 25 heavy (non-hydrogen) atoms. The van der Waals surface area contributed by atoms with E-state index in [1.54, 1.807) is 7.11 Å². The zero-order chi connectivity index (χ0) is 17.5. The van der Waals surface area contributed by atoms with Crippen LogP contribution in [0.5, 0.6) is 11.5 Å². The van der Waals surface area contributed by atoms with Gasteiger partial charge < -0.3 is 19.5 Å². The number of carbonyl (C=O) groups excluding carboxylic acids is 1. The number of carbonyl (C=O) groups is 1. The van der Waals surface area contributed by atoms with Crippen molar-refractivity contribution in [1.82, 2.24) is 10.2 Å². The monoisotopic (exact) mass is 348 g/mol. The van der Waals surface area contributed by atoms with Crippen molar-refractivity contribution in [3.63, 3.8) is 0 Å². The van der Waals surface area contributed by atoms with Crippen LogP contribution in [0.4, 0.5) is 0 Å². The first-order valence-electron chi connectivity index (χ1n) is 9.11. The average Bonchev–Trinajstić information content (AvgIpc) is 2.66. The maximum absolute atomic E-state index is 12.0. The first kappa shape index (κ1) is 18.0. The fourth-order valence-corrected chi connectivity index (χ4v) is 3.31. The number of amides is 1. The summed E-state index contributed by atoms with van der Waals surface area (Å²) in [6.07, 6.45) is 2.40. The lowest BCUT2D eigenvalue weighted by Crippen LogP contribution is -2.38. The van der Waals surface area contributed by atoms with Crippen LogP contribution < -0.4 is 14.8 Å². The van der Waals surface area contributed by atoms with E-state index in [9.17, 15) is 4.79 Å². The number of nitrogens with zero attached hydrogens (tertiary/aromatic N) is 1. The number of hydrogen-bond donors (Lipinski definition) is 1. The van der Waals surface area contributed by atoms with Crippen LogP contribution in [-0.2, 0) is 16.0 Å². The van der Waals surface area contributed by atoms with E-state index in [4.69, 9.17) is 14.2 Å². The minimum atomic E-state index is 0.133. The highest BCUT2D eigenvalue weighted by Gasteiger charge is 2.21. The van der Waals surface area contributed by atoms with E-state index in [-0.39, 0.29) is 5.91 Å². The van der Waals surface area contributed by atoms with Crippen molar-refractivity contribution < 1.29 is 19.0 Å². The summed E-state index contributed by atoms with van der Waals surface area (Å²) < 4.78 is 16.4. The van der Waals surface area contributed by atoms with Crippen LogP contribution in [0.15, 0.2) is 18.2 Å². The highest BCUT2D eigenvalue weighted by atomic mass is 16.5. The van der Waals surface area contributed by atoms with Gasteiger partial charge in [-0.25, -0.2) is 0 Å². The topological polar surface area (TPSA) is 60.0 Å². The van der Waals surface area contributed by atoms with Crippen LogP contribution in [-0.4, -0.2) is 63.9 Å². The highest BCUT2D eigenvalue weighted by Crippen LogP contribution is 2.30. The molecule has 138 valence electrons. The third kappa shape index (κ3) is 5.34. The number of hydrogen-bond acceptors (Lipinski definition) is 5. The molecule has 1 saturated heterocycles. The summed E-state index contributed by atoms with van der Waals surface area (Å²) in [4.78, 5) is 14.4. The van der Waals surface area contributed by atoms with Gasteiger partial charge in [0.25, 0.3) is 0 Å². The molecule has 0 aromatic heterocycles. The van der Waals surface area contributed by atoms with Gasteiger partial charge in [0.2, 0.25) is 5.91 Å². The van der Waals surface area contributed by atoms with Crippen molar-refractivity contribution in [3.8, 4) is 11.5 Å². The predicted molar refractivity (Wildman–Crippen MR) is 95.2 cm³/mol. The fourth-order valence-electron chi connectivity index (χ4n) is 3.31. The first-order chi connectivity index (χ1) is 12.2. The summed E-state index contributed by atoms with van der Waals surface area (Å²) in [5.41, 5.74) is 1.18. The second-order valence-corrected chi connectivity index (χ2v) is 6.72. The standard InChI is InChI=1S/C19H28N2O4/c1-23-17-5-4-16-11-15(14-25-18(16)12-17)13-20-19(22)3-2-6-21-7-9-24-10-8-21/h4-5,12,15H,2-3,6-11,13-14H2,1H3,(H,20,22). The number of methoxy groups -OCH3 is 1. The molecule has 0 radical (unpaired) electrons. The molecule has 6 heteroatoms. The SMILES string of the molecule is COc1ccc2c(c1)OCC(CNC(=O)CCCN1CCOCC1)C2. The maximum Gasteiger partial charge on any atom is 0.220 e. The van der Waals surface area contributed by atoms with Gasteiger partial charge in [-0.2, -0.15) is 0 Å². The van der Waals surface area contributed by atoms with Crippen molar-refractivity contribution in [2.45, 2.75) is 19.3 Å². The Labute approximate surface area is 149 Å². The normalized spacial score (nSPS) is 20.4. The molecule has 0 aliphatic carbocycles. The Hall–Kier alpha value is -1.79. The van der Waals surface area contributed by atoms with Crippen LogP contribution in [0, 0.1) is 5.92 Å². The summed E-state index contributed by atoms with van der Waals surface area (Å²) in [5.74, 6) is 2.16. The van der Waals surface area contributed by atoms with Crippen molar-refractivity contribution in [2.24, 2.45) is 5.92 Å². The molecule has 1 aromatic carbocycles. The minimum Gasteiger partial charge on any atom is -0.497 e. The molecule has 1 atom stereocenters. The molecular formula is C19H28N2O4. The van der Waals surface area contributed by atoms with Crippen LogP contribution in [0.2, 0.25) is 0 Å². The number of benzene rings is 1. The van der Waals surface area contributed by atoms with E-state index in [0.29, 0.717) is 25.5 Å². The van der Waals surface area contributed by atoms with Crippen LogP contribution in [0.1, 0.15) is 18.4 Å². The zero-order valence-electron chi connectivity index (χ0n) is 15.0. The van der Waals surface area contributed by atoms with Gasteiger partial charge in [-0.3, -0.25) is 9.69 Å². The summed E-state index contributed by atoms with van der Waals surface area (Å²) in [5, 5.41) is 3.06. The molecule has 2 heterocycles. The average molecular weight is 348 g/mol. The van der Waals surface area contributed by atoms with E-state index < -0.39 is 0 Å². The van der Waals surface area contributed by atoms with Gasteiger partial charge in [-0.05, 0) is 31.0 Å².